The largest absolute Gasteiger partial charge is 0.362 e. The van der Waals surface area contributed by atoms with E-state index in [0.717, 1.165) is 57.9 Å². The third kappa shape index (κ3) is 5.67. The van der Waals surface area contributed by atoms with Gasteiger partial charge < -0.3 is 15.2 Å². The van der Waals surface area contributed by atoms with Crippen molar-refractivity contribution in [1.82, 2.24) is 24.8 Å². The zero-order chi connectivity index (χ0) is 21.0. The van der Waals surface area contributed by atoms with Crippen LogP contribution in [0.4, 0.5) is 5.69 Å². The summed E-state index contributed by atoms with van der Waals surface area (Å²) in [6, 6.07) is 8.18. The van der Waals surface area contributed by atoms with Crippen molar-refractivity contribution in [2.45, 2.75) is 52.1 Å². The van der Waals surface area contributed by atoms with Crippen molar-refractivity contribution in [3.8, 4) is 0 Å². The first-order chi connectivity index (χ1) is 13.9. The molecule has 2 heterocycles. The monoisotopic (exact) mass is 428 g/mol. The second-order valence-corrected chi connectivity index (χ2v) is 8.78. The number of aryl methyl sites for hydroxylation is 3. The molecule has 0 radical (unpaired) electrons. The number of thioether (sulfide) groups is 1. The van der Waals surface area contributed by atoms with Crippen molar-refractivity contribution in [3.63, 3.8) is 0 Å². The molecule has 0 bridgehead atoms. The van der Waals surface area contributed by atoms with Crippen molar-refractivity contribution in [2.75, 3.05) is 11.9 Å². The molecule has 6 nitrogen and oxygen atoms in total. The lowest BCUT2D eigenvalue weighted by atomic mass is 10.2. The Hall–Kier alpha value is -2.19. The van der Waals surface area contributed by atoms with Gasteiger partial charge in [0.25, 0.3) is 0 Å². The summed E-state index contributed by atoms with van der Waals surface area (Å²) in [7, 11) is 0. The van der Waals surface area contributed by atoms with E-state index >= 15 is 0 Å². The van der Waals surface area contributed by atoms with E-state index in [1.54, 1.807) is 11.8 Å². The smallest absolute Gasteiger partial charge is 0.188 e. The molecule has 0 saturated carbocycles. The fraction of sp³-hybridized carbons (Fsp3) is 0.429. The molecule has 3 rings (SSSR count). The third-order valence-corrected chi connectivity index (χ3v) is 5.45. The lowest BCUT2D eigenvalue weighted by Crippen LogP contribution is -2.31. The molecule has 0 spiro atoms. The minimum Gasteiger partial charge on any atom is -0.362 e. The standard InChI is InChI=1S/C21H28N6S2/c1-6-27-18-8-7-16(25-20(28)22-11-13(2)3)10-17(18)26-19(27)12-29-21-23-14(4)9-15(5)24-21/h7-10,13H,6,11-12H2,1-5H3,(H2,22,25,28). The van der Waals surface area contributed by atoms with Crippen molar-refractivity contribution in [1.29, 1.82) is 0 Å². The second kappa shape index (κ2) is 9.54. The molecule has 0 fully saturated rings. The molecule has 154 valence electrons. The number of imidazole rings is 1. The summed E-state index contributed by atoms with van der Waals surface area (Å²) >= 11 is 7.00. The molecule has 0 amide bonds. The van der Waals surface area contributed by atoms with Crippen molar-refractivity contribution < 1.29 is 0 Å². The number of hydrogen-bond donors (Lipinski definition) is 2. The number of thiocarbonyl (C=S) groups is 1. The van der Waals surface area contributed by atoms with E-state index in [4.69, 9.17) is 17.2 Å². The highest BCUT2D eigenvalue weighted by molar-refractivity contribution is 7.98. The van der Waals surface area contributed by atoms with E-state index in [2.05, 4.69) is 52.0 Å². The first-order valence-electron chi connectivity index (χ1n) is 9.84. The average molecular weight is 429 g/mol. The molecule has 0 saturated heterocycles. The Bertz CT molecular complexity index is 992. The van der Waals surface area contributed by atoms with Gasteiger partial charge in [-0.15, -0.1) is 0 Å². The van der Waals surface area contributed by atoms with E-state index in [9.17, 15) is 0 Å². The summed E-state index contributed by atoms with van der Waals surface area (Å²) in [6.07, 6.45) is 0. The summed E-state index contributed by atoms with van der Waals surface area (Å²) in [5, 5.41) is 7.91. The first kappa shape index (κ1) is 21.5. The van der Waals surface area contributed by atoms with Gasteiger partial charge in [-0.3, -0.25) is 0 Å². The van der Waals surface area contributed by atoms with E-state index in [1.807, 2.05) is 32.0 Å². The summed E-state index contributed by atoms with van der Waals surface area (Å²) in [5.41, 5.74) is 5.00. The minimum atomic E-state index is 0.540. The Morgan fingerprint density at radius 1 is 1.14 bits per heavy atom. The number of hydrogen-bond acceptors (Lipinski definition) is 5. The summed E-state index contributed by atoms with van der Waals surface area (Å²) in [6.45, 7) is 12.1. The molecule has 0 aliphatic rings. The Morgan fingerprint density at radius 2 is 1.86 bits per heavy atom. The van der Waals surface area contributed by atoms with Crippen LogP contribution < -0.4 is 10.6 Å². The van der Waals surface area contributed by atoms with Gasteiger partial charge in [0.05, 0.1) is 16.8 Å². The van der Waals surface area contributed by atoms with Crippen LogP contribution in [-0.2, 0) is 12.3 Å². The predicted octanol–water partition coefficient (Wildman–Crippen LogP) is 4.70. The van der Waals surface area contributed by atoms with Crippen LogP contribution in [0.2, 0.25) is 0 Å². The van der Waals surface area contributed by atoms with E-state index in [0.29, 0.717) is 11.0 Å². The molecule has 0 unspecified atom stereocenters. The number of rotatable bonds is 7. The first-order valence-corrected chi connectivity index (χ1v) is 11.2. The molecule has 0 aliphatic carbocycles. The molecule has 2 aromatic heterocycles. The minimum absolute atomic E-state index is 0.540. The molecule has 1 aromatic carbocycles. The Morgan fingerprint density at radius 3 is 2.52 bits per heavy atom. The van der Waals surface area contributed by atoms with Crippen LogP contribution >= 0.6 is 24.0 Å². The summed E-state index contributed by atoms with van der Waals surface area (Å²) in [4.78, 5) is 13.9. The third-order valence-electron chi connectivity index (χ3n) is 4.36. The highest BCUT2D eigenvalue weighted by Gasteiger charge is 2.12. The van der Waals surface area contributed by atoms with E-state index in [-0.39, 0.29) is 0 Å². The molecule has 0 aliphatic heterocycles. The second-order valence-electron chi connectivity index (χ2n) is 7.43. The summed E-state index contributed by atoms with van der Waals surface area (Å²) in [5.74, 6) is 2.29. The van der Waals surface area contributed by atoms with Gasteiger partial charge in [-0.2, -0.15) is 0 Å². The van der Waals surface area contributed by atoms with Gasteiger partial charge in [0.15, 0.2) is 10.3 Å². The van der Waals surface area contributed by atoms with Crippen molar-refractivity contribution in [2.24, 2.45) is 5.92 Å². The normalized spacial score (nSPS) is 11.2. The van der Waals surface area contributed by atoms with Gasteiger partial charge in [-0.1, -0.05) is 25.6 Å². The number of benzene rings is 1. The van der Waals surface area contributed by atoms with Crippen LogP contribution in [0.5, 0.6) is 0 Å². The van der Waals surface area contributed by atoms with Gasteiger partial charge in [-0.25, -0.2) is 15.0 Å². The van der Waals surface area contributed by atoms with Gasteiger partial charge in [0.1, 0.15) is 5.82 Å². The van der Waals surface area contributed by atoms with Gasteiger partial charge in [-0.05, 0) is 63.2 Å². The average Bonchev–Trinajstić information content (AvgIpc) is 3.00. The lowest BCUT2D eigenvalue weighted by molar-refractivity contribution is 0.627. The predicted molar refractivity (Wildman–Crippen MR) is 126 cm³/mol. The van der Waals surface area contributed by atoms with Crippen LogP contribution in [-0.4, -0.2) is 31.2 Å². The molecule has 8 heteroatoms. The van der Waals surface area contributed by atoms with Crippen LogP contribution in [0.25, 0.3) is 11.0 Å². The number of anilines is 1. The van der Waals surface area contributed by atoms with Crippen molar-refractivity contribution in [3.05, 3.63) is 41.5 Å². The molecule has 3 aromatic rings. The van der Waals surface area contributed by atoms with Gasteiger partial charge in [0.2, 0.25) is 0 Å². The molecular formula is C21H28N6S2. The quantitative estimate of drug-likeness (QED) is 0.321. The topological polar surface area (TPSA) is 67.7 Å². The Labute approximate surface area is 181 Å². The van der Waals surface area contributed by atoms with Crippen molar-refractivity contribution >= 4 is 45.8 Å². The number of nitrogens with one attached hydrogen (secondary N) is 2. The molecule has 0 atom stereocenters. The highest BCUT2D eigenvalue weighted by atomic mass is 32.2. The zero-order valence-electron chi connectivity index (χ0n) is 17.6. The maximum absolute atomic E-state index is 5.38. The van der Waals surface area contributed by atoms with Gasteiger partial charge >= 0.3 is 0 Å². The zero-order valence-corrected chi connectivity index (χ0v) is 19.2. The lowest BCUT2D eigenvalue weighted by Gasteiger charge is -2.12. The van der Waals surface area contributed by atoms with Crippen LogP contribution in [0.15, 0.2) is 29.4 Å². The molecule has 2 N–H and O–H groups in total. The highest BCUT2D eigenvalue weighted by Crippen LogP contribution is 2.25. The number of fused-ring (bicyclic) bond motifs is 1. The van der Waals surface area contributed by atoms with E-state index in [1.165, 1.54) is 0 Å². The molecular weight excluding hydrogens is 400 g/mol. The van der Waals surface area contributed by atoms with Crippen LogP contribution in [0, 0.1) is 19.8 Å². The van der Waals surface area contributed by atoms with E-state index < -0.39 is 0 Å². The summed E-state index contributed by atoms with van der Waals surface area (Å²) < 4.78 is 2.24. The molecule has 29 heavy (non-hydrogen) atoms. The number of aromatic nitrogens is 4. The van der Waals surface area contributed by atoms with Crippen LogP contribution in [0.3, 0.4) is 0 Å². The van der Waals surface area contributed by atoms with Gasteiger partial charge in [0, 0.05) is 30.2 Å². The fourth-order valence-electron chi connectivity index (χ4n) is 3.08. The SMILES string of the molecule is CCn1c(CSc2nc(C)cc(C)n2)nc2cc(NC(=S)NCC(C)C)ccc21. The maximum atomic E-state index is 5.38. The fourth-order valence-corrected chi connectivity index (χ4v) is 4.18. The number of nitrogens with zero attached hydrogens (tertiary/aromatic N) is 4. The Kier molecular flexibility index (Phi) is 7.08. The Balaban J connectivity index is 1.77. The maximum Gasteiger partial charge on any atom is 0.188 e. The van der Waals surface area contributed by atoms with Crippen LogP contribution in [0.1, 0.15) is 38.0 Å².